The SMILES string of the molecule is N#Cc1cccc(C=Cc2ccc3cccc(O)c3n2)c1. The number of nitriles is 1. The van der Waals surface area contributed by atoms with Crippen LogP contribution in [0.5, 0.6) is 5.75 Å². The molecule has 1 aromatic heterocycles. The Balaban J connectivity index is 1.96. The van der Waals surface area contributed by atoms with E-state index in [9.17, 15) is 5.11 Å². The third-order valence-corrected chi connectivity index (χ3v) is 3.18. The minimum absolute atomic E-state index is 0.175. The average Bonchev–Trinajstić information content (AvgIpc) is 2.54. The van der Waals surface area contributed by atoms with Gasteiger partial charge in [0.15, 0.2) is 0 Å². The van der Waals surface area contributed by atoms with Crippen molar-refractivity contribution in [2.75, 3.05) is 0 Å². The number of fused-ring (bicyclic) bond motifs is 1. The van der Waals surface area contributed by atoms with Crippen molar-refractivity contribution < 1.29 is 5.11 Å². The van der Waals surface area contributed by atoms with Gasteiger partial charge >= 0.3 is 0 Å². The molecule has 0 fully saturated rings. The van der Waals surface area contributed by atoms with Crippen LogP contribution in [0.25, 0.3) is 23.1 Å². The molecule has 0 aliphatic rings. The van der Waals surface area contributed by atoms with Gasteiger partial charge in [-0.25, -0.2) is 4.98 Å². The summed E-state index contributed by atoms with van der Waals surface area (Å²) in [6.45, 7) is 0. The molecule has 0 amide bonds. The molecule has 1 heterocycles. The normalized spacial score (nSPS) is 10.8. The van der Waals surface area contributed by atoms with E-state index in [2.05, 4.69) is 11.1 Å². The number of benzene rings is 2. The van der Waals surface area contributed by atoms with Gasteiger partial charge in [-0.1, -0.05) is 36.4 Å². The van der Waals surface area contributed by atoms with E-state index in [-0.39, 0.29) is 5.75 Å². The summed E-state index contributed by atoms with van der Waals surface area (Å²) in [6.07, 6.45) is 3.76. The number of aromatic nitrogens is 1. The highest BCUT2D eigenvalue weighted by molar-refractivity contribution is 5.85. The maximum atomic E-state index is 9.83. The van der Waals surface area contributed by atoms with E-state index in [1.54, 1.807) is 18.2 Å². The van der Waals surface area contributed by atoms with Gasteiger partial charge in [-0.05, 0) is 35.9 Å². The van der Waals surface area contributed by atoms with Crippen LogP contribution in [0, 0.1) is 11.3 Å². The first-order valence-corrected chi connectivity index (χ1v) is 6.53. The number of pyridine rings is 1. The monoisotopic (exact) mass is 272 g/mol. The molecule has 0 atom stereocenters. The molecule has 0 aliphatic heterocycles. The quantitative estimate of drug-likeness (QED) is 0.767. The first-order valence-electron chi connectivity index (χ1n) is 6.53. The lowest BCUT2D eigenvalue weighted by Gasteiger charge is -2.01. The van der Waals surface area contributed by atoms with E-state index in [1.807, 2.05) is 48.6 Å². The van der Waals surface area contributed by atoms with Gasteiger partial charge in [-0.15, -0.1) is 0 Å². The lowest BCUT2D eigenvalue weighted by Crippen LogP contribution is -1.84. The van der Waals surface area contributed by atoms with Crippen molar-refractivity contribution in [3.63, 3.8) is 0 Å². The lowest BCUT2D eigenvalue weighted by atomic mass is 10.1. The summed E-state index contributed by atoms with van der Waals surface area (Å²) in [5, 5.41) is 19.6. The first-order chi connectivity index (χ1) is 10.3. The summed E-state index contributed by atoms with van der Waals surface area (Å²) in [5.74, 6) is 0.175. The van der Waals surface area contributed by atoms with Gasteiger partial charge in [-0.2, -0.15) is 5.26 Å². The van der Waals surface area contributed by atoms with E-state index >= 15 is 0 Å². The van der Waals surface area contributed by atoms with Gasteiger partial charge < -0.3 is 5.11 Å². The first kappa shape index (κ1) is 12.9. The summed E-state index contributed by atoms with van der Waals surface area (Å²) in [5.41, 5.74) is 2.91. The number of hydrogen-bond acceptors (Lipinski definition) is 3. The molecule has 3 aromatic rings. The molecule has 2 aromatic carbocycles. The number of rotatable bonds is 2. The van der Waals surface area contributed by atoms with Crippen LogP contribution in [0.2, 0.25) is 0 Å². The van der Waals surface area contributed by atoms with Crippen molar-refractivity contribution in [2.45, 2.75) is 0 Å². The summed E-state index contributed by atoms with van der Waals surface area (Å²) >= 11 is 0. The minimum atomic E-state index is 0.175. The topological polar surface area (TPSA) is 56.9 Å². The van der Waals surface area contributed by atoms with Gasteiger partial charge in [0.05, 0.1) is 17.3 Å². The Hall–Kier alpha value is -3.12. The van der Waals surface area contributed by atoms with Crippen LogP contribution in [-0.2, 0) is 0 Å². The lowest BCUT2D eigenvalue weighted by molar-refractivity contribution is 0.480. The molecule has 3 heteroatoms. The number of para-hydroxylation sites is 1. The molecule has 3 nitrogen and oxygen atoms in total. The Morgan fingerprint density at radius 1 is 1.00 bits per heavy atom. The minimum Gasteiger partial charge on any atom is -0.506 e. The average molecular weight is 272 g/mol. The molecular formula is C18H12N2O. The molecule has 100 valence electrons. The number of nitrogens with zero attached hydrogens (tertiary/aromatic N) is 2. The van der Waals surface area contributed by atoms with Crippen molar-refractivity contribution >= 4 is 23.1 Å². The molecule has 0 spiro atoms. The molecular weight excluding hydrogens is 260 g/mol. The zero-order chi connectivity index (χ0) is 14.7. The van der Waals surface area contributed by atoms with E-state index in [4.69, 9.17) is 5.26 Å². The van der Waals surface area contributed by atoms with Gasteiger partial charge in [0.1, 0.15) is 11.3 Å². The molecule has 0 saturated heterocycles. The second-order valence-electron chi connectivity index (χ2n) is 4.66. The predicted octanol–water partition coefficient (Wildman–Crippen LogP) is 3.98. The molecule has 0 unspecified atom stereocenters. The summed E-state index contributed by atoms with van der Waals surface area (Å²) in [6, 6.07) is 18.6. The van der Waals surface area contributed by atoms with E-state index < -0.39 is 0 Å². The second kappa shape index (κ2) is 5.48. The van der Waals surface area contributed by atoms with Crippen LogP contribution in [0.1, 0.15) is 16.8 Å². The number of phenolic OH excluding ortho intramolecular Hbond substituents is 1. The molecule has 1 N–H and O–H groups in total. The highest BCUT2D eigenvalue weighted by atomic mass is 16.3. The van der Waals surface area contributed by atoms with Crippen LogP contribution >= 0.6 is 0 Å². The second-order valence-corrected chi connectivity index (χ2v) is 4.66. The molecule has 0 bridgehead atoms. The maximum absolute atomic E-state index is 9.83. The summed E-state index contributed by atoms with van der Waals surface area (Å²) in [7, 11) is 0. The van der Waals surface area contributed by atoms with Crippen molar-refractivity contribution in [1.29, 1.82) is 5.26 Å². The zero-order valence-corrected chi connectivity index (χ0v) is 11.2. The Labute approximate surface area is 122 Å². The van der Waals surface area contributed by atoms with Crippen LogP contribution in [0.15, 0.2) is 54.6 Å². The van der Waals surface area contributed by atoms with Crippen LogP contribution in [-0.4, -0.2) is 10.1 Å². The smallest absolute Gasteiger partial charge is 0.141 e. The molecule has 21 heavy (non-hydrogen) atoms. The van der Waals surface area contributed by atoms with Gasteiger partial charge in [0.2, 0.25) is 0 Å². The van der Waals surface area contributed by atoms with E-state index in [0.29, 0.717) is 11.1 Å². The Kier molecular flexibility index (Phi) is 3.36. The van der Waals surface area contributed by atoms with Crippen LogP contribution in [0.3, 0.4) is 0 Å². The molecule has 0 saturated carbocycles. The Morgan fingerprint density at radius 3 is 2.71 bits per heavy atom. The van der Waals surface area contributed by atoms with Crippen LogP contribution in [0.4, 0.5) is 0 Å². The van der Waals surface area contributed by atoms with Crippen molar-refractivity contribution in [2.24, 2.45) is 0 Å². The Bertz CT molecular complexity index is 876. The fourth-order valence-electron chi connectivity index (χ4n) is 2.13. The van der Waals surface area contributed by atoms with Gasteiger partial charge in [-0.3, -0.25) is 0 Å². The fraction of sp³-hybridized carbons (Fsp3) is 0. The number of aromatic hydroxyl groups is 1. The fourth-order valence-corrected chi connectivity index (χ4v) is 2.13. The third kappa shape index (κ3) is 2.75. The van der Waals surface area contributed by atoms with Crippen molar-refractivity contribution in [3.05, 3.63) is 71.4 Å². The van der Waals surface area contributed by atoms with Crippen LogP contribution < -0.4 is 0 Å². The largest absolute Gasteiger partial charge is 0.506 e. The van der Waals surface area contributed by atoms with E-state index in [0.717, 1.165) is 16.6 Å². The summed E-state index contributed by atoms with van der Waals surface area (Å²) < 4.78 is 0. The third-order valence-electron chi connectivity index (χ3n) is 3.18. The number of hydrogen-bond donors (Lipinski definition) is 1. The highest BCUT2D eigenvalue weighted by Gasteiger charge is 2.00. The Morgan fingerprint density at radius 2 is 1.86 bits per heavy atom. The summed E-state index contributed by atoms with van der Waals surface area (Å²) in [4.78, 5) is 4.43. The van der Waals surface area contributed by atoms with Gasteiger partial charge in [0.25, 0.3) is 0 Å². The molecule has 0 aliphatic carbocycles. The zero-order valence-electron chi connectivity index (χ0n) is 11.2. The maximum Gasteiger partial charge on any atom is 0.141 e. The molecule has 0 radical (unpaired) electrons. The van der Waals surface area contributed by atoms with Crippen molar-refractivity contribution in [3.8, 4) is 11.8 Å². The highest BCUT2D eigenvalue weighted by Crippen LogP contribution is 2.22. The molecule has 3 rings (SSSR count). The predicted molar refractivity (Wildman–Crippen MR) is 83.5 cm³/mol. The standard InChI is InChI=1S/C18H12N2O/c19-12-14-4-1-3-13(11-14)7-9-16-10-8-15-5-2-6-17(21)18(15)20-16/h1-11,21H. The van der Waals surface area contributed by atoms with E-state index in [1.165, 1.54) is 0 Å². The van der Waals surface area contributed by atoms with Gasteiger partial charge in [0, 0.05) is 5.39 Å². The number of phenols is 1. The van der Waals surface area contributed by atoms with Crippen molar-refractivity contribution in [1.82, 2.24) is 4.98 Å².